The van der Waals surface area contributed by atoms with Gasteiger partial charge in [-0.25, -0.2) is 13.8 Å². The molecule has 44 heavy (non-hydrogen) atoms. The Balaban J connectivity index is 1.21. The van der Waals surface area contributed by atoms with Gasteiger partial charge in [0.1, 0.15) is 17.7 Å². The normalized spacial score (nSPS) is 26.0. The minimum absolute atomic E-state index is 0.173. The number of piperidine rings is 1. The Bertz CT molecular complexity index is 1620. The third kappa shape index (κ3) is 5.65. The molecule has 0 saturated carbocycles. The van der Waals surface area contributed by atoms with Crippen molar-refractivity contribution in [1.82, 2.24) is 15.2 Å². The van der Waals surface area contributed by atoms with Crippen molar-refractivity contribution < 1.29 is 36.1 Å². The third-order valence-electron chi connectivity index (χ3n) is 8.08. The molecule has 2 saturated heterocycles. The SMILES string of the molecule is N[N+]12C=CN=CC1=C([C@@H]1CCCN(C(=O)[C@H]3CC(F)(F)CN3)C1)N=C2c1ccc(C(=O)Nc2cc(C(F)(F)F)ccn2)cc1. The lowest BCUT2D eigenvalue weighted by atomic mass is 9.93. The highest BCUT2D eigenvalue weighted by atomic mass is 19.4. The number of anilines is 1. The molecule has 4 aliphatic heterocycles. The molecule has 1 aromatic heterocycles. The summed E-state index contributed by atoms with van der Waals surface area (Å²) in [4.78, 5) is 40.4. The fourth-order valence-electron chi connectivity index (χ4n) is 5.85. The number of carbonyl (C=O) groups excluding carboxylic acids is 2. The van der Waals surface area contributed by atoms with Gasteiger partial charge in [-0.15, -0.1) is 4.59 Å². The van der Waals surface area contributed by atoms with E-state index in [1.807, 2.05) is 0 Å². The molecule has 10 nitrogen and oxygen atoms in total. The molecule has 3 atom stereocenters. The zero-order valence-electron chi connectivity index (χ0n) is 23.2. The minimum atomic E-state index is -4.58. The first-order chi connectivity index (χ1) is 20.8. The number of aliphatic imine (C=N–C) groups is 2. The molecule has 1 aromatic carbocycles. The van der Waals surface area contributed by atoms with Crippen LogP contribution in [0.1, 0.15) is 40.7 Å². The van der Waals surface area contributed by atoms with Crippen molar-refractivity contribution in [3.8, 4) is 0 Å². The van der Waals surface area contributed by atoms with E-state index < -0.39 is 42.6 Å². The molecule has 230 valence electrons. The first-order valence-corrected chi connectivity index (χ1v) is 13.9. The van der Waals surface area contributed by atoms with Crippen LogP contribution in [-0.2, 0) is 11.0 Å². The van der Waals surface area contributed by atoms with Gasteiger partial charge in [0.05, 0.1) is 36.1 Å². The first kappa shape index (κ1) is 29.7. The fourth-order valence-corrected chi connectivity index (χ4v) is 5.85. The summed E-state index contributed by atoms with van der Waals surface area (Å²) in [5, 5.41) is 5.01. The number of fused-ring (bicyclic) bond motifs is 1. The predicted molar refractivity (Wildman–Crippen MR) is 150 cm³/mol. The second kappa shape index (κ2) is 11.0. The van der Waals surface area contributed by atoms with Crippen LogP contribution in [0.4, 0.5) is 27.8 Å². The number of quaternary nitrogens is 1. The molecule has 2 fully saturated rings. The number of halogens is 5. The van der Waals surface area contributed by atoms with E-state index in [-0.39, 0.29) is 27.8 Å². The van der Waals surface area contributed by atoms with Crippen molar-refractivity contribution in [2.45, 2.75) is 37.4 Å². The van der Waals surface area contributed by atoms with Crippen molar-refractivity contribution in [3.63, 3.8) is 0 Å². The third-order valence-corrected chi connectivity index (χ3v) is 8.08. The summed E-state index contributed by atoms with van der Waals surface area (Å²) in [7, 11) is 0. The topological polar surface area (TPSA) is 125 Å². The van der Waals surface area contributed by atoms with E-state index in [9.17, 15) is 31.5 Å². The van der Waals surface area contributed by atoms with Gasteiger partial charge in [0.2, 0.25) is 11.6 Å². The summed E-state index contributed by atoms with van der Waals surface area (Å²) in [5.41, 5.74) is 1.05. The molecule has 15 heteroatoms. The lowest BCUT2D eigenvalue weighted by molar-refractivity contribution is -0.750. The Kier molecular flexibility index (Phi) is 7.42. The summed E-state index contributed by atoms with van der Waals surface area (Å²) in [6.45, 7) is 0.217. The Morgan fingerprint density at radius 1 is 1.16 bits per heavy atom. The molecule has 0 bridgehead atoms. The van der Waals surface area contributed by atoms with E-state index in [1.165, 1.54) is 18.3 Å². The van der Waals surface area contributed by atoms with Gasteiger partial charge in [-0.05, 0) is 49.2 Å². The molecular formula is C29H28F5N8O2+. The summed E-state index contributed by atoms with van der Waals surface area (Å²) >= 11 is 0. The van der Waals surface area contributed by atoms with Crippen LogP contribution in [0, 0.1) is 5.92 Å². The Morgan fingerprint density at radius 2 is 1.93 bits per heavy atom. The molecule has 0 spiro atoms. The molecule has 2 amide bonds. The number of hydrogen-bond donors (Lipinski definition) is 3. The number of nitrogens with two attached hydrogens (primary N) is 1. The lowest BCUT2D eigenvalue weighted by Gasteiger charge is -2.34. The largest absolute Gasteiger partial charge is 0.416 e. The lowest BCUT2D eigenvalue weighted by Crippen LogP contribution is -2.53. The van der Waals surface area contributed by atoms with Crippen molar-refractivity contribution in [1.29, 1.82) is 0 Å². The van der Waals surface area contributed by atoms with E-state index in [2.05, 4.69) is 20.6 Å². The maximum Gasteiger partial charge on any atom is 0.416 e. The van der Waals surface area contributed by atoms with Gasteiger partial charge < -0.3 is 10.2 Å². The van der Waals surface area contributed by atoms with Crippen LogP contribution in [-0.4, -0.2) is 69.9 Å². The number of nitrogens with zero attached hydrogens (tertiary/aromatic N) is 5. The molecule has 5 heterocycles. The number of rotatable bonds is 5. The average molecular weight is 616 g/mol. The first-order valence-electron chi connectivity index (χ1n) is 13.9. The Labute approximate surface area is 248 Å². The molecular weight excluding hydrogens is 587 g/mol. The quantitative estimate of drug-likeness (QED) is 0.268. The van der Waals surface area contributed by atoms with E-state index in [1.54, 1.807) is 29.4 Å². The zero-order chi connectivity index (χ0) is 31.3. The number of amides is 2. The van der Waals surface area contributed by atoms with Gasteiger partial charge in [0.15, 0.2) is 0 Å². The van der Waals surface area contributed by atoms with Gasteiger partial charge in [0.25, 0.3) is 17.7 Å². The Hall–Kier alpha value is -4.34. The van der Waals surface area contributed by atoms with E-state index >= 15 is 0 Å². The smallest absolute Gasteiger partial charge is 0.341 e. The summed E-state index contributed by atoms with van der Waals surface area (Å²) in [5.74, 6) is 2.87. The summed E-state index contributed by atoms with van der Waals surface area (Å²) in [6.07, 6.45) is 2.00. The number of likely N-dealkylation sites (tertiary alicyclic amines) is 1. The highest BCUT2D eigenvalue weighted by molar-refractivity contribution is 6.05. The maximum absolute atomic E-state index is 13.7. The molecule has 1 unspecified atom stereocenters. The van der Waals surface area contributed by atoms with Crippen molar-refractivity contribution >= 4 is 29.7 Å². The maximum atomic E-state index is 13.7. The van der Waals surface area contributed by atoms with Crippen LogP contribution in [0.25, 0.3) is 0 Å². The van der Waals surface area contributed by atoms with Crippen LogP contribution >= 0.6 is 0 Å². The number of pyridine rings is 1. The highest BCUT2D eigenvalue weighted by Crippen LogP contribution is 2.38. The number of allylic oxidation sites excluding steroid dienone is 1. The van der Waals surface area contributed by atoms with Crippen molar-refractivity contribution in [2.24, 2.45) is 21.7 Å². The van der Waals surface area contributed by atoms with Gasteiger partial charge in [0, 0.05) is 37.2 Å². The monoisotopic (exact) mass is 615 g/mol. The van der Waals surface area contributed by atoms with Gasteiger partial charge in [-0.2, -0.15) is 24.0 Å². The number of hydrogen-bond acceptors (Lipinski definition) is 7. The van der Waals surface area contributed by atoms with Crippen molar-refractivity contribution in [3.05, 3.63) is 83.1 Å². The van der Waals surface area contributed by atoms with Gasteiger partial charge in [-0.1, -0.05) is 0 Å². The standard InChI is InChI=1S/C29H27F5N8O2/c30-28(31)13-21(38-16-28)27(44)41-10-1-2-19(15-41)24-22-14-36-9-11-42(22,35)25(40-24)17-3-5-18(6-4-17)26(43)39-23-12-20(7-8-37-23)29(32,33)34/h3-9,11-12,14,19,21,38H,1-2,10,13,15-16,35H2/p+1/t19-,21-,42?/m1/s1. The highest BCUT2D eigenvalue weighted by Gasteiger charge is 2.48. The van der Waals surface area contributed by atoms with E-state index in [4.69, 9.17) is 10.8 Å². The number of nitrogens with one attached hydrogen (secondary N) is 2. The molecule has 0 radical (unpaired) electrons. The molecule has 0 aliphatic carbocycles. The van der Waals surface area contributed by atoms with Crippen LogP contribution in [0.3, 0.4) is 0 Å². The number of carbonyl (C=O) groups is 2. The van der Waals surface area contributed by atoms with Crippen LogP contribution in [0.15, 0.2) is 76.4 Å². The van der Waals surface area contributed by atoms with Crippen LogP contribution in [0.2, 0.25) is 0 Å². The van der Waals surface area contributed by atoms with Crippen LogP contribution in [0.5, 0.6) is 0 Å². The summed E-state index contributed by atoms with van der Waals surface area (Å²) in [6, 6.07) is 6.88. The second-order valence-corrected chi connectivity index (χ2v) is 11.1. The van der Waals surface area contributed by atoms with Crippen LogP contribution < -0.4 is 16.5 Å². The molecule has 6 rings (SSSR count). The molecule has 4 N–H and O–H groups in total. The molecule has 4 aliphatic rings. The number of aromatic nitrogens is 1. The fraction of sp³-hybridized carbons (Fsp3) is 0.345. The van der Waals surface area contributed by atoms with Gasteiger partial charge >= 0.3 is 6.18 Å². The minimum Gasteiger partial charge on any atom is -0.341 e. The zero-order valence-corrected chi connectivity index (χ0v) is 23.2. The molecule has 2 aromatic rings. The average Bonchev–Trinajstić information content (AvgIpc) is 3.52. The van der Waals surface area contributed by atoms with E-state index in [0.717, 1.165) is 18.3 Å². The van der Waals surface area contributed by atoms with Crippen molar-refractivity contribution in [2.75, 3.05) is 25.0 Å². The Morgan fingerprint density at radius 3 is 2.64 bits per heavy atom. The van der Waals surface area contributed by atoms with Gasteiger partial charge in [-0.3, -0.25) is 19.9 Å². The number of amidine groups is 1. The number of alkyl halides is 5. The van der Waals surface area contributed by atoms with E-state index in [0.29, 0.717) is 48.7 Å². The summed E-state index contributed by atoms with van der Waals surface area (Å²) < 4.78 is 66.3. The second-order valence-electron chi connectivity index (χ2n) is 11.1. The predicted octanol–water partition coefficient (Wildman–Crippen LogP) is 3.81. The number of benzene rings is 1.